The lowest BCUT2D eigenvalue weighted by atomic mass is 10.4. The van der Waals surface area contributed by atoms with E-state index in [4.69, 9.17) is 4.78 Å². The van der Waals surface area contributed by atoms with Crippen LogP contribution in [0.15, 0.2) is 0 Å². The highest BCUT2D eigenvalue weighted by atomic mass is 32.2. The van der Waals surface area contributed by atoms with Crippen molar-refractivity contribution in [2.24, 2.45) is 0 Å². The number of nitrogens with one attached hydrogen (secondary N) is 1. The maximum absolute atomic E-state index is 7.16. The van der Waals surface area contributed by atoms with Crippen LogP contribution in [0.3, 0.4) is 0 Å². The van der Waals surface area contributed by atoms with Crippen molar-refractivity contribution in [3.63, 3.8) is 0 Å². The van der Waals surface area contributed by atoms with Crippen LogP contribution < -0.4 is 0 Å². The molecule has 1 rings (SSSR count). The van der Waals surface area contributed by atoms with E-state index >= 15 is 0 Å². The van der Waals surface area contributed by atoms with Crippen molar-refractivity contribution in [3.8, 4) is 0 Å². The Morgan fingerprint density at radius 3 is 1.83 bits per heavy atom. The predicted octanol–water partition coefficient (Wildman–Crippen LogP) is 1.16. The van der Waals surface area contributed by atoms with Gasteiger partial charge in [-0.3, -0.25) is 4.78 Å². The normalized spacial score (nSPS) is 25.3. The van der Waals surface area contributed by atoms with Gasteiger partial charge in [-0.1, -0.05) is 0 Å². The third-order valence-electron chi connectivity index (χ3n) is 1.03. The maximum atomic E-state index is 7.16. The third kappa shape index (κ3) is 0.805. The molecule has 0 spiro atoms. The van der Waals surface area contributed by atoms with Crippen LogP contribution >= 0.6 is 0 Å². The molecule has 0 saturated carbocycles. The molecule has 2 heteroatoms. The lowest BCUT2D eigenvalue weighted by Crippen LogP contribution is -1.82. The summed E-state index contributed by atoms with van der Waals surface area (Å²) in [7, 11) is 0.0772. The van der Waals surface area contributed by atoms with Gasteiger partial charge < -0.3 is 0 Å². The predicted molar refractivity (Wildman–Crippen MR) is 29.1 cm³/mol. The van der Waals surface area contributed by atoms with Crippen LogP contribution in [0.25, 0.3) is 0 Å². The minimum absolute atomic E-state index is 0.0772. The fourth-order valence-corrected chi connectivity index (χ4v) is 1.96. The Morgan fingerprint density at radius 2 is 1.67 bits per heavy atom. The zero-order valence-electron chi connectivity index (χ0n) is 3.74. The quantitative estimate of drug-likeness (QED) is 0.475. The van der Waals surface area contributed by atoms with Gasteiger partial charge >= 0.3 is 0 Å². The molecule has 0 bridgehead atoms. The largest absolute Gasteiger partial charge is 0.280 e. The third-order valence-corrected chi connectivity index (χ3v) is 2.59. The molecule has 1 heterocycles. The summed E-state index contributed by atoms with van der Waals surface area (Å²) < 4.78 is 7.16. The van der Waals surface area contributed by atoms with E-state index in [1.54, 1.807) is 0 Å². The van der Waals surface area contributed by atoms with Gasteiger partial charge in [-0.25, -0.2) is 0 Å². The first-order chi connectivity index (χ1) is 2.89. The van der Waals surface area contributed by atoms with Crippen molar-refractivity contribution < 1.29 is 0 Å². The molecule has 0 aromatic heterocycles. The van der Waals surface area contributed by atoms with E-state index in [9.17, 15) is 0 Å². The van der Waals surface area contributed by atoms with Crippen molar-refractivity contribution in [3.05, 3.63) is 0 Å². The molecule has 0 aromatic carbocycles. The maximum Gasteiger partial charge on any atom is 0.00388 e. The average Bonchev–Trinajstić information content (AvgIpc) is 1.86. The van der Waals surface area contributed by atoms with Crippen LogP contribution in [0.1, 0.15) is 12.8 Å². The van der Waals surface area contributed by atoms with E-state index in [0.717, 1.165) is 0 Å². The number of hydrogen-bond donors (Lipinski definition) is 1. The molecule has 1 aliphatic rings. The molecule has 1 nitrogen and oxygen atoms in total. The first-order valence-electron chi connectivity index (χ1n) is 2.28. The van der Waals surface area contributed by atoms with Gasteiger partial charge in [-0.05, 0) is 12.8 Å². The zero-order valence-corrected chi connectivity index (χ0v) is 4.55. The molecule has 6 heavy (non-hydrogen) atoms. The van der Waals surface area contributed by atoms with Gasteiger partial charge in [0.25, 0.3) is 0 Å². The highest BCUT2D eigenvalue weighted by molar-refractivity contribution is 7.86. The smallest absolute Gasteiger partial charge is 0.00388 e. The molecule has 0 atom stereocenters. The molecule has 36 valence electrons. The SMILES string of the molecule is N=S1CCCC1. The van der Waals surface area contributed by atoms with Crippen molar-refractivity contribution in [1.29, 1.82) is 4.78 Å². The van der Waals surface area contributed by atoms with Crippen LogP contribution in [-0.4, -0.2) is 11.5 Å². The Bertz CT molecular complexity index is 61.9. The van der Waals surface area contributed by atoms with Crippen LogP contribution in [0.2, 0.25) is 0 Å². The fraction of sp³-hybridized carbons (Fsp3) is 1.00. The van der Waals surface area contributed by atoms with E-state index in [1.807, 2.05) is 0 Å². The van der Waals surface area contributed by atoms with Crippen LogP contribution in [-0.2, 0) is 10.7 Å². The lowest BCUT2D eigenvalue weighted by Gasteiger charge is -1.81. The van der Waals surface area contributed by atoms with Gasteiger partial charge in [0, 0.05) is 11.5 Å². The molecule has 0 aliphatic carbocycles. The number of hydrogen-bond acceptors (Lipinski definition) is 1. The second-order valence-electron chi connectivity index (χ2n) is 1.61. The van der Waals surface area contributed by atoms with Gasteiger partial charge in [0.2, 0.25) is 0 Å². The highest BCUT2D eigenvalue weighted by Crippen LogP contribution is 2.04. The Labute approximate surface area is 40.6 Å². The molecular weight excluding hydrogens is 94.1 g/mol. The molecule has 1 saturated heterocycles. The number of rotatable bonds is 0. The molecule has 0 radical (unpaired) electrons. The summed E-state index contributed by atoms with van der Waals surface area (Å²) in [5, 5.41) is 0. The second-order valence-corrected chi connectivity index (χ2v) is 3.41. The van der Waals surface area contributed by atoms with Gasteiger partial charge in [-0.2, -0.15) is 0 Å². The Hall–Kier alpha value is 0.150. The molecule has 0 unspecified atom stereocenters. The van der Waals surface area contributed by atoms with Gasteiger partial charge in [0.05, 0.1) is 0 Å². The minimum atomic E-state index is 0.0772. The molecule has 0 aromatic rings. The summed E-state index contributed by atoms with van der Waals surface area (Å²) >= 11 is 0. The van der Waals surface area contributed by atoms with E-state index < -0.39 is 0 Å². The average molecular weight is 103 g/mol. The summed E-state index contributed by atoms with van der Waals surface area (Å²) in [6.07, 6.45) is 2.62. The molecule has 0 amide bonds. The van der Waals surface area contributed by atoms with Crippen LogP contribution in [0, 0.1) is 4.78 Å². The van der Waals surface area contributed by atoms with Crippen molar-refractivity contribution in [2.45, 2.75) is 12.8 Å². The van der Waals surface area contributed by atoms with Gasteiger partial charge in [-0.15, -0.1) is 10.7 Å². The van der Waals surface area contributed by atoms with E-state index in [-0.39, 0.29) is 10.7 Å². The highest BCUT2D eigenvalue weighted by Gasteiger charge is 2.01. The molecule has 1 N–H and O–H groups in total. The van der Waals surface area contributed by atoms with Crippen LogP contribution in [0.4, 0.5) is 0 Å². The first kappa shape index (κ1) is 4.31. The van der Waals surface area contributed by atoms with E-state index in [0.29, 0.717) is 0 Å². The van der Waals surface area contributed by atoms with Crippen molar-refractivity contribution in [2.75, 3.05) is 11.5 Å². The summed E-state index contributed by atoms with van der Waals surface area (Å²) in [6, 6.07) is 0. The summed E-state index contributed by atoms with van der Waals surface area (Å²) in [4.78, 5) is 0. The van der Waals surface area contributed by atoms with E-state index in [1.165, 1.54) is 24.3 Å². The molecule has 1 aliphatic heterocycles. The Morgan fingerprint density at radius 1 is 1.17 bits per heavy atom. The topological polar surface area (TPSA) is 23.9 Å². The van der Waals surface area contributed by atoms with Gasteiger partial charge in [0.15, 0.2) is 0 Å². The van der Waals surface area contributed by atoms with Crippen LogP contribution in [0.5, 0.6) is 0 Å². The summed E-state index contributed by atoms with van der Waals surface area (Å²) in [5.74, 6) is 2.36. The van der Waals surface area contributed by atoms with Crippen molar-refractivity contribution >= 4 is 10.7 Å². The second kappa shape index (κ2) is 1.73. The van der Waals surface area contributed by atoms with Crippen molar-refractivity contribution in [1.82, 2.24) is 0 Å². The summed E-state index contributed by atoms with van der Waals surface area (Å²) in [6.45, 7) is 0. The minimum Gasteiger partial charge on any atom is -0.280 e. The Balaban J connectivity index is 2.37. The first-order valence-corrected chi connectivity index (χ1v) is 3.84. The lowest BCUT2D eigenvalue weighted by molar-refractivity contribution is 0.949. The summed E-state index contributed by atoms with van der Waals surface area (Å²) in [5.41, 5.74) is 0. The fourth-order valence-electron chi connectivity index (χ4n) is 0.655. The Kier molecular flexibility index (Phi) is 1.25. The van der Waals surface area contributed by atoms with Gasteiger partial charge in [0.1, 0.15) is 0 Å². The van der Waals surface area contributed by atoms with E-state index in [2.05, 4.69) is 0 Å². The molecular formula is C4H9NS. The zero-order chi connectivity index (χ0) is 4.41. The monoisotopic (exact) mass is 103 g/mol. The standard InChI is InChI=1S/C4H9NS/c5-6-3-1-2-4-6/h5H,1-4H2. The molecule has 1 fully saturated rings.